The van der Waals surface area contributed by atoms with Crippen LogP contribution < -0.4 is 10.2 Å². The molecule has 1 unspecified atom stereocenters. The largest absolute Gasteiger partial charge is 0.462 e. The molecule has 3 rings (SSSR count). The Labute approximate surface area is 159 Å². The van der Waals surface area contributed by atoms with E-state index in [0.717, 1.165) is 11.3 Å². The first kappa shape index (κ1) is 19.0. The number of benzene rings is 1. The Bertz CT molecular complexity index is 881. The summed E-state index contributed by atoms with van der Waals surface area (Å²) in [5, 5.41) is 2.95. The maximum atomic E-state index is 13.1. The molecule has 1 N–H and O–H groups in total. The smallest absolute Gasteiger partial charge is 0.350 e. The van der Waals surface area contributed by atoms with Crippen molar-refractivity contribution in [3.8, 4) is 0 Å². The number of hydrogen-bond acceptors (Lipinski definition) is 6. The summed E-state index contributed by atoms with van der Waals surface area (Å²) in [7, 11) is 0. The normalized spacial score (nSPS) is 16.5. The van der Waals surface area contributed by atoms with E-state index in [2.05, 4.69) is 10.3 Å². The topological polar surface area (TPSA) is 88.6 Å². The lowest BCUT2D eigenvalue weighted by atomic mass is 10.1. The Morgan fingerprint density at radius 3 is 2.74 bits per heavy atom. The van der Waals surface area contributed by atoms with Gasteiger partial charge in [0.2, 0.25) is 11.8 Å². The minimum absolute atomic E-state index is 0.0539. The van der Waals surface area contributed by atoms with Crippen LogP contribution in [0.3, 0.4) is 0 Å². The van der Waals surface area contributed by atoms with Crippen molar-refractivity contribution in [3.63, 3.8) is 0 Å². The number of thiazole rings is 1. The Kier molecular flexibility index (Phi) is 5.50. The van der Waals surface area contributed by atoms with E-state index >= 15 is 0 Å². The van der Waals surface area contributed by atoms with Crippen LogP contribution in [0.25, 0.3) is 0 Å². The van der Waals surface area contributed by atoms with E-state index in [1.807, 2.05) is 0 Å². The number of rotatable bonds is 5. The fraction of sp³-hybridized carbons (Fsp3) is 0.333. The summed E-state index contributed by atoms with van der Waals surface area (Å²) in [5.74, 6) is -1.98. The molecule has 1 aromatic heterocycles. The van der Waals surface area contributed by atoms with Crippen molar-refractivity contribution in [2.24, 2.45) is 5.92 Å². The van der Waals surface area contributed by atoms with Gasteiger partial charge >= 0.3 is 5.97 Å². The van der Waals surface area contributed by atoms with Gasteiger partial charge in [-0.3, -0.25) is 9.59 Å². The van der Waals surface area contributed by atoms with Crippen LogP contribution in [-0.2, 0) is 14.3 Å². The molecular formula is C18H18FN3O4S. The van der Waals surface area contributed by atoms with Crippen LogP contribution in [-0.4, -0.2) is 35.9 Å². The molecule has 142 valence electrons. The summed E-state index contributed by atoms with van der Waals surface area (Å²) in [6.45, 7) is 3.82. The van der Waals surface area contributed by atoms with Gasteiger partial charge in [-0.05, 0) is 38.1 Å². The molecule has 1 aliphatic heterocycles. The van der Waals surface area contributed by atoms with Gasteiger partial charge < -0.3 is 15.0 Å². The number of esters is 1. The Hall–Kier alpha value is -2.81. The highest BCUT2D eigenvalue weighted by molar-refractivity contribution is 7.17. The Morgan fingerprint density at radius 2 is 2.07 bits per heavy atom. The zero-order valence-electron chi connectivity index (χ0n) is 14.8. The molecule has 0 aliphatic carbocycles. The summed E-state index contributed by atoms with van der Waals surface area (Å²) >= 11 is 1.04. The second kappa shape index (κ2) is 7.83. The van der Waals surface area contributed by atoms with Crippen LogP contribution in [0, 0.1) is 18.7 Å². The first-order valence-corrected chi connectivity index (χ1v) is 9.22. The van der Waals surface area contributed by atoms with E-state index in [4.69, 9.17) is 4.74 Å². The van der Waals surface area contributed by atoms with E-state index in [0.29, 0.717) is 16.3 Å². The molecule has 2 amide bonds. The van der Waals surface area contributed by atoms with E-state index in [1.165, 1.54) is 29.2 Å². The van der Waals surface area contributed by atoms with Crippen molar-refractivity contribution in [1.82, 2.24) is 4.98 Å². The molecule has 1 saturated heterocycles. The van der Waals surface area contributed by atoms with Crippen molar-refractivity contribution < 1.29 is 23.5 Å². The molecule has 0 spiro atoms. The number of ether oxygens (including phenoxy) is 1. The monoisotopic (exact) mass is 391 g/mol. The third kappa shape index (κ3) is 4.13. The highest BCUT2D eigenvalue weighted by Gasteiger charge is 2.35. The quantitative estimate of drug-likeness (QED) is 0.792. The van der Waals surface area contributed by atoms with E-state index in [1.54, 1.807) is 13.8 Å². The van der Waals surface area contributed by atoms with Crippen molar-refractivity contribution in [2.75, 3.05) is 23.4 Å². The highest BCUT2D eigenvalue weighted by atomic mass is 32.1. The molecule has 1 aromatic carbocycles. The first-order valence-electron chi connectivity index (χ1n) is 8.40. The van der Waals surface area contributed by atoms with Crippen LogP contribution in [0.4, 0.5) is 15.2 Å². The number of nitrogens with zero attached hydrogens (tertiary/aromatic N) is 2. The van der Waals surface area contributed by atoms with Gasteiger partial charge in [-0.15, -0.1) is 0 Å². The third-order valence-corrected chi connectivity index (χ3v) is 5.17. The second-order valence-corrected chi connectivity index (χ2v) is 7.02. The zero-order valence-corrected chi connectivity index (χ0v) is 15.6. The van der Waals surface area contributed by atoms with Crippen molar-refractivity contribution in [2.45, 2.75) is 20.3 Å². The number of nitrogens with one attached hydrogen (secondary N) is 1. The highest BCUT2D eigenvalue weighted by Crippen LogP contribution is 2.28. The summed E-state index contributed by atoms with van der Waals surface area (Å²) in [4.78, 5) is 42.5. The first-order chi connectivity index (χ1) is 12.9. The maximum Gasteiger partial charge on any atom is 0.350 e. The molecule has 2 heterocycles. The lowest BCUT2D eigenvalue weighted by Gasteiger charge is -2.16. The van der Waals surface area contributed by atoms with E-state index in [-0.39, 0.29) is 36.5 Å². The van der Waals surface area contributed by atoms with Crippen LogP contribution in [0.1, 0.15) is 28.7 Å². The van der Waals surface area contributed by atoms with Gasteiger partial charge in [0.1, 0.15) is 10.7 Å². The summed E-state index contributed by atoms with van der Waals surface area (Å²) < 4.78 is 18.0. The van der Waals surface area contributed by atoms with Crippen molar-refractivity contribution in [1.29, 1.82) is 0 Å². The SMILES string of the molecule is CCOC(=O)c1sc(NC(=O)C2CC(=O)N(c3ccc(F)cc3)C2)nc1C. The molecule has 0 bridgehead atoms. The summed E-state index contributed by atoms with van der Waals surface area (Å²) in [6.07, 6.45) is 0.0539. The van der Waals surface area contributed by atoms with Crippen LogP contribution in [0.15, 0.2) is 24.3 Å². The zero-order chi connectivity index (χ0) is 19.6. The fourth-order valence-corrected chi connectivity index (χ4v) is 3.66. The second-order valence-electron chi connectivity index (χ2n) is 6.03. The van der Waals surface area contributed by atoms with Gasteiger partial charge in [-0.1, -0.05) is 11.3 Å². The molecule has 1 atom stereocenters. The molecule has 0 saturated carbocycles. The standard InChI is InChI=1S/C18H18FN3O4S/c1-3-26-17(25)15-10(2)20-18(27-15)21-16(24)11-8-14(23)22(9-11)13-6-4-12(19)5-7-13/h4-7,11H,3,8-9H2,1-2H3,(H,20,21,24). The molecule has 27 heavy (non-hydrogen) atoms. The molecule has 1 aliphatic rings. The van der Waals surface area contributed by atoms with Crippen LogP contribution in [0.2, 0.25) is 0 Å². The van der Waals surface area contributed by atoms with Gasteiger partial charge in [-0.25, -0.2) is 14.2 Å². The van der Waals surface area contributed by atoms with Gasteiger partial charge in [-0.2, -0.15) is 0 Å². The van der Waals surface area contributed by atoms with Gasteiger partial charge in [0.25, 0.3) is 0 Å². The third-order valence-electron chi connectivity index (χ3n) is 4.12. The number of carbonyl (C=O) groups is 3. The van der Waals surface area contributed by atoms with E-state index in [9.17, 15) is 18.8 Å². The minimum Gasteiger partial charge on any atom is -0.462 e. The molecule has 1 fully saturated rings. The maximum absolute atomic E-state index is 13.1. The number of halogens is 1. The van der Waals surface area contributed by atoms with Crippen LogP contribution in [0.5, 0.6) is 0 Å². The molecule has 2 aromatic rings. The molecular weight excluding hydrogens is 373 g/mol. The molecule has 9 heteroatoms. The lowest BCUT2D eigenvalue weighted by molar-refractivity contribution is -0.122. The minimum atomic E-state index is -0.558. The lowest BCUT2D eigenvalue weighted by Crippen LogP contribution is -2.28. The predicted octanol–water partition coefficient (Wildman–Crippen LogP) is 2.76. The number of carbonyl (C=O) groups excluding carboxylic acids is 3. The predicted molar refractivity (Wildman–Crippen MR) is 98.3 cm³/mol. The Balaban J connectivity index is 1.67. The van der Waals surface area contributed by atoms with Crippen molar-refractivity contribution in [3.05, 3.63) is 40.7 Å². The summed E-state index contributed by atoms with van der Waals surface area (Å²) in [5.41, 5.74) is 1.02. The van der Waals surface area contributed by atoms with Gasteiger partial charge in [0, 0.05) is 18.7 Å². The molecule has 0 radical (unpaired) electrons. The number of amides is 2. The number of hydrogen-bond donors (Lipinski definition) is 1. The molecule has 7 nitrogen and oxygen atoms in total. The van der Waals surface area contributed by atoms with Crippen molar-refractivity contribution >= 4 is 39.9 Å². The summed E-state index contributed by atoms with van der Waals surface area (Å²) in [6, 6.07) is 5.54. The van der Waals surface area contributed by atoms with E-state index < -0.39 is 17.7 Å². The van der Waals surface area contributed by atoms with Crippen LogP contribution >= 0.6 is 11.3 Å². The number of aromatic nitrogens is 1. The number of anilines is 2. The van der Waals surface area contributed by atoms with Gasteiger partial charge in [0.05, 0.1) is 18.2 Å². The average Bonchev–Trinajstić information content (AvgIpc) is 3.19. The Morgan fingerprint density at radius 1 is 1.37 bits per heavy atom. The average molecular weight is 391 g/mol. The van der Waals surface area contributed by atoms with Gasteiger partial charge in [0.15, 0.2) is 5.13 Å². The fourth-order valence-electron chi connectivity index (χ4n) is 2.80. The number of aryl methyl sites for hydroxylation is 1.